The third-order valence-corrected chi connectivity index (χ3v) is 5.18. The zero-order valence-corrected chi connectivity index (χ0v) is 13.2. The van der Waals surface area contributed by atoms with Gasteiger partial charge in [0.25, 0.3) is 10.0 Å². The summed E-state index contributed by atoms with van der Waals surface area (Å²) in [6, 6.07) is 5.11. The summed E-state index contributed by atoms with van der Waals surface area (Å²) < 4.78 is 26.3. The zero-order chi connectivity index (χ0) is 16.0. The molecule has 1 aliphatic rings. The maximum atomic E-state index is 12.1. The van der Waals surface area contributed by atoms with Crippen molar-refractivity contribution in [1.29, 1.82) is 0 Å². The number of sulfonamides is 1. The van der Waals surface area contributed by atoms with Gasteiger partial charge < -0.3 is 10.4 Å². The van der Waals surface area contributed by atoms with Gasteiger partial charge in [0.05, 0.1) is 11.5 Å². The van der Waals surface area contributed by atoms with E-state index in [4.69, 9.17) is 5.11 Å². The van der Waals surface area contributed by atoms with Crippen LogP contribution >= 0.6 is 0 Å². The Morgan fingerprint density at radius 1 is 1.09 bits per heavy atom. The Morgan fingerprint density at radius 2 is 1.68 bits per heavy atom. The number of urea groups is 1. The van der Waals surface area contributed by atoms with E-state index in [2.05, 4.69) is 5.32 Å². The third-order valence-electron chi connectivity index (χ3n) is 3.83. The molecule has 0 saturated heterocycles. The van der Waals surface area contributed by atoms with Gasteiger partial charge in [-0.15, -0.1) is 0 Å². The maximum Gasteiger partial charge on any atom is 0.328 e. The molecule has 1 aromatic rings. The molecule has 0 atom stereocenters. The van der Waals surface area contributed by atoms with E-state index in [1.807, 2.05) is 4.72 Å². The molecule has 0 spiro atoms. The van der Waals surface area contributed by atoms with E-state index in [9.17, 15) is 13.2 Å². The lowest BCUT2D eigenvalue weighted by Crippen LogP contribution is -2.44. The van der Waals surface area contributed by atoms with Gasteiger partial charge in [-0.2, -0.15) is 0 Å². The van der Waals surface area contributed by atoms with Crippen molar-refractivity contribution in [2.24, 2.45) is 0 Å². The first kappa shape index (κ1) is 16.8. The van der Waals surface area contributed by atoms with Crippen LogP contribution in [0.15, 0.2) is 29.2 Å². The Bertz CT molecular complexity index is 590. The molecule has 1 aromatic carbocycles. The lowest BCUT2D eigenvalue weighted by molar-refractivity contribution is 0.240. The minimum absolute atomic E-state index is 0.000663. The lowest BCUT2D eigenvalue weighted by Gasteiger charge is -2.16. The fraction of sp³-hybridized carbons (Fsp3) is 0.533. The fourth-order valence-electron chi connectivity index (χ4n) is 2.59. The van der Waals surface area contributed by atoms with Gasteiger partial charge in [0, 0.05) is 6.04 Å². The second-order valence-electron chi connectivity index (χ2n) is 5.57. The van der Waals surface area contributed by atoms with Gasteiger partial charge in [-0.25, -0.2) is 17.9 Å². The van der Waals surface area contributed by atoms with Gasteiger partial charge in [0.2, 0.25) is 0 Å². The molecule has 0 bridgehead atoms. The van der Waals surface area contributed by atoms with Crippen LogP contribution in [0.1, 0.15) is 44.1 Å². The molecule has 0 heterocycles. The van der Waals surface area contributed by atoms with Crippen LogP contribution in [-0.4, -0.2) is 25.6 Å². The zero-order valence-electron chi connectivity index (χ0n) is 12.4. The molecular weight excluding hydrogens is 304 g/mol. The van der Waals surface area contributed by atoms with Crippen LogP contribution in [0.2, 0.25) is 0 Å². The lowest BCUT2D eigenvalue weighted by atomic mass is 10.1. The minimum atomic E-state index is -3.89. The summed E-state index contributed by atoms with van der Waals surface area (Å²) in [4.78, 5) is 11.9. The summed E-state index contributed by atoms with van der Waals surface area (Å²) in [6.07, 6.45) is 6.21. The summed E-state index contributed by atoms with van der Waals surface area (Å²) in [6.45, 7) is -0.157. The highest BCUT2D eigenvalue weighted by atomic mass is 32.2. The van der Waals surface area contributed by atoms with Crippen molar-refractivity contribution in [3.63, 3.8) is 0 Å². The van der Waals surface area contributed by atoms with E-state index in [-0.39, 0.29) is 17.5 Å². The number of aliphatic hydroxyl groups is 1. The van der Waals surface area contributed by atoms with Gasteiger partial charge >= 0.3 is 6.03 Å². The summed E-state index contributed by atoms with van der Waals surface area (Å²) in [7, 11) is -3.89. The van der Waals surface area contributed by atoms with Crippen molar-refractivity contribution in [2.75, 3.05) is 0 Å². The number of rotatable bonds is 4. The normalized spacial score (nSPS) is 16.8. The standard InChI is InChI=1S/C15H22N2O4S/c18-11-12-7-9-14(10-8-12)22(20,21)17-15(19)16-13-5-3-1-2-4-6-13/h7-10,13,18H,1-6,11H2,(H2,16,17,19). The Hall–Kier alpha value is -1.60. The highest BCUT2D eigenvalue weighted by Gasteiger charge is 2.20. The average Bonchev–Trinajstić information content (AvgIpc) is 2.75. The molecule has 0 aliphatic heterocycles. The molecule has 0 unspecified atom stereocenters. The average molecular weight is 326 g/mol. The Labute approximate surface area is 131 Å². The van der Waals surface area contributed by atoms with E-state index in [1.54, 1.807) is 0 Å². The summed E-state index contributed by atoms with van der Waals surface area (Å²) in [5, 5.41) is 11.7. The first-order valence-electron chi connectivity index (χ1n) is 7.54. The summed E-state index contributed by atoms with van der Waals surface area (Å²) >= 11 is 0. The molecule has 22 heavy (non-hydrogen) atoms. The van der Waals surface area contributed by atoms with Crippen LogP contribution in [0.4, 0.5) is 4.79 Å². The predicted molar refractivity (Wildman–Crippen MR) is 82.7 cm³/mol. The molecule has 6 nitrogen and oxygen atoms in total. The smallest absolute Gasteiger partial charge is 0.328 e. The van der Waals surface area contributed by atoms with Crippen molar-refractivity contribution in [3.05, 3.63) is 29.8 Å². The molecule has 122 valence electrons. The maximum absolute atomic E-state index is 12.1. The largest absolute Gasteiger partial charge is 0.392 e. The first-order valence-corrected chi connectivity index (χ1v) is 9.03. The monoisotopic (exact) mass is 326 g/mol. The molecule has 1 aliphatic carbocycles. The summed E-state index contributed by atoms with van der Waals surface area (Å²) in [5.74, 6) is 0. The molecule has 0 aromatic heterocycles. The quantitative estimate of drug-likeness (QED) is 0.736. The molecule has 3 N–H and O–H groups in total. The molecule has 0 radical (unpaired) electrons. The van der Waals surface area contributed by atoms with E-state index in [1.165, 1.54) is 24.3 Å². The number of hydrogen-bond acceptors (Lipinski definition) is 4. The van der Waals surface area contributed by atoms with Crippen molar-refractivity contribution in [1.82, 2.24) is 10.0 Å². The van der Waals surface area contributed by atoms with Crippen LogP contribution in [0.25, 0.3) is 0 Å². The van der Waals surface area contributed by atoms with Crippen LogP contribution in [0.3, 0.4) is 0 Å². The Morgan fingerprint density at radius 3 is 2.23 bits per heavy atom. The Balaban J connectivity index is 1.96. The third kappa shape index (κ3) is 4.71. The topological polar surface area (TPSA) is 95.5 Å². The van der Waals surface area contributed by atoms with Crippen molar-refractivity contribution in [3.8, 4) is 0 Å². The van der Waals surface area contributed by atoms with Gasteiger partial charge in [-0.05, 0) is 30.5 Å². The second kappa shape index (κ2) is 7.60. The number of hydrogen-bond donors (Lipinski definition) is 3. The van der Waals surface area contributed by atoms with Crippen molar-refractivity contribution >= 4 is 16.1 Å². The van der Waals surface area contributed by atoms with Crippen molar-refractivity contribution in [2.45, 2.75) is 56.1 Å². The van der Waals surface area contributed by atoms with Crippen LogP contribution < -0.4 is 10.0 Å². The predicted octanol–water partition coefficient (Wildman–Crippen LogP) is 1.89. The molecule has 2 amide bonds. The second-order valence-corrected chi connectivity index (χ2v) is 7.25. The van der Waals surface area contributed by atoms with Gasteiger partial charge in [0.1, 0.15) is 0 Å². The van der Waals surface area contributed by atoms with E-state index in [0.717, 1.165) is 38.5 Å². The number of amides is 2. The number of carbonyl (C=O) groups is 1. The molecule has 1 saturated carbocycles. The molecule has 7 heteroatoms. The van der Waals surface area contributed by atoms with Gasteiger partial charge in [0.15, 0.2) is 0 Å². The fourth-order valence-corrected chi connectivity index (χ4v) is 3.51. The SMILES string of the molecule is O=C(NC1CCCCCC1)NS(=O)(=O)c1ccc(CO)cc1. The summed E-state index contributed by atoms with van der Waals surface area (Å²) in [5.41, 5.74) is 0.613. The van der Waals surface area contributed by atoms with E-state index >= 15 is 0 Å². The Kier molecular flexibility index (Phi) is 5.79. The van der Waals surface area contributed by atoms with E-state index < -0.39 is 16.1 Å². The molecule has 1 fully saturated rings. The van der Waals surface area contributed by atoms with Crippen LogP contribution in [0.5, 0.6) is 0 Å². The highest BCUT2D eigenvalue weighted by molar-refractivity contribution is 7.90. The van der Waals surface area contributed by atoms with Gasteiger partial charge in [-0.3, -0.25) is 0 Å². The van der Waals surface area contributed by atoms with Crippen molar-refractivity contribution < 1.29 is 18.3 Å². The molecular formula is C15H22N2O4S. The first-order chi connectivity index (χ1) is 10.5. The molecule has 2 rings (SSSR count). The van der Waals surface area contributed by atoms with Gasteiger partial charge in [-0.1, -0.05) is 37.8 Å². The number of carbonyl (C=O) groups excluding carboxylic acids is 1. The number of benzene rings is 1. The minimum Gasteiger partial charge on any atom is -0.392 e. The van der Waals surface area contributed by atoms with E-state index in [0.29, 0.717) is 5.56 Å². The van der Waals surface area contributed by atoms with Crippen LogP contribution in [-0.2, 0) is 16.6 Å². The van der Waals surface area contributed by atoms with Crippen LogP contribution in [0, 0.1) is 0 Å². The number of nitrogens with one attached hydrogen (secondary N) is 2. The number of aliphatic hydroxyl groups excluding tert-OH is 1. The highest BCUT2D eigenvalue weighted by Crippen LogP contribution is 2.17.